The quantitative estimate of drug-likeness (QED) is 0.808. The summed E-state index contributed by atoms with van der Waals surface area (Å²) >= 11 is 0. The van der Waals surface area contributed by atoms with Gasteiger partial charge in [0.2, 0.25) is 0 Å². The maximum Gasteiger partial charge on any atom is 0.0681 e. The van der Waals surface area contributed by atoms with E-state index < -0.39 is 0 Å². The molecule has 0 atom stereocenters. The van der Waals surface area contributed by atoms with Crippen molar-refractivity contribution in [3.63, 3.8) is 0 Å². The minimum Gasteiger partial charge on any atom is -0.392 e. The molecule has 1 aliphatic rings. The highest BCUT2D eigenvalue weighted by molar-refractivity contribution is 5.21. The van der Waals surface area contributed by atoms with Gasteiger partial charge in [-0.2, -0.15) is 0 Å². The molecule has 2 rings (SSSR count). The number of hydrogen-bond acceptors (Lipinski definition) is 3. The molecular weight excluding hydrogens is 212 g/mol. The summed E-state index contributed by atoms with van der Waals surface area (Å²) in [5, 5.41) is 8.97. The molecule has 3 N–H and O–H groups in total. The van der Waals surface area contributed by atoms with Crippen LogP contribution in [0.2, 0.25) is 0 Å². The molecule has 1 saturated carbocycles. The van der Waals surface area contributed by atoms with Crippen LogP contribution in [0.25, 0.3) is 0 Å². The Hall–Kier alpha value is -0.900. The number of aliphatic hydroxyl groups is 1. The molecule has 0 aromatic heterocycles. The third kappa shape index (κ3) is 3.53. The molecule has 17 heavy (non-hydrogen) atoms. The van der Waals surface area contributed by atoms with E-state index in [2.05, 4.69) is 24.1 Å². The molecule has 3 nitrogen and oxygen atoms in total. The van der Waals surface area contributed by atoms with Gasteiger partial charge in [0.1, 0.15) is 0 Å². The van der Waals surface area contributed by atoms with E-state index in [0.29, 0.717) is 6.04 Å². The van der Waals surface area contributed by atoms with Crippen molar-refractivity contribution in [1.29, 1.82) is 0 Å². The van der Waals surface area contributed by atoms with E-state index in [1.165, 1.54) is 18.4 Å². The Kier molecular flexibility index (Phi) is 4.15. The predicted molar refractivity (Wildman–Crippen MR) is 69.4 cm³/mol. The van der Waals surface area contributed by atoms with Gasteiger partial charge in [0.15, 0.2) is 0 Å². The third-order valence-corrected chi connectivity index (χ3v) is 3.50. The van der Waals surface area contributed by atoms with E-state index in [4.69, 9.17) is 10.8 Å². The summed E-state index contributed by atoms with van der Waals surface area (Å²) in [5.74, 6) is 0.784. The molecule has 94 valence electrons. The number of hydrogen-bond donors (Lipinski definition) is 2. The summed E-state index contributed by atoms with van der Waals surface area (Å²) in [6, 6.07) is 8.60. The van der Waals surface area contributed by atoms with Crippen molar-refractivity contribution in [2.75, 3.05) is 13.6 Å². The molecule has 0 amide bonds. The van der Waals surface area contributed by atoms with Crippen LogP contribution in [0.1, 0.15) is 24.0 Å². The van der Waals surface area contributed by atoms with Crippen LogP contribution in [0, 0.1) is 5.92 Å². The van der Waals surface area contributed by atoms with E-state index in [-0.39, 0.29) is 6.61 Å². The number of aliphatic hydroxyl groups excluding tert-OH is 1. The minimum atomic E-state index is 0.121. The van der Waals surface area contributed by atoms with Crippen molar-refractivity contribution in [3.05, 3.63) is 35.4 Å². The van der Waals surface area contributed by atoms with Gasteiger partial charge < -0.3 is 15.7 Å². The molecule has 0 bridgehead atoms. The van der Waals surface area contributed by atoms with Gasteiger partial charge >= 0.3 is 0 Å². The van der Waals surface area contributed by atoms with Crippen LogP contribution in [0.3, 0.4) is 0 Å². The predicted octanol–water partition coefficient (Wildman–Crippen LogP) is 1.35. The van der Waals surface area contributed by atoms with Gasteiger partial charge in [-0.3, -0.25) is 0 Å². The zero-order chi connectivity index (χ0) is 12.3. The Bertz CT molecular complexity index is 344. The molecule has 0 radical (unpaired) electrons. The Labute approximate surface area is 103 Å². The van der Waals surface area contributed by atoms with Crippen molar-refractivity contribution in [3.8, 4) is 0 Å². The average Bonchev–Trinajstić information content (AvgIpc) is 2.28. The van der Waals surface area contributed by atoms with Crippen LogP contribution in [0.5, 0.6) is 0 Å². The standard InChI is InChI=1S/C14H22N2O/c1-16(9-13-6-14(15)7-13)8-11-2-4-12(10-17)5-3-11/h2-5,13-14,17H,6-10,15H2,1H3. The SMILES string of the molecule is CN(Cc1ccc(CO)cc1)CC1CC(N)C1. The van der Waals surface area contributed by atoms with Gasteiger partial charge in [-0.25, -0.2) is 0 Å². The molecule has 1 aliphatic carbocycles. The zero-order valence-corrected chi connectivity index (χ0v) is 10.5. The summed E-state index contributed by atoms with van der Waals surface area (Å²) in [6.07, 6.45) is 2.35. The first-order chi connectivity index (χ1) is 8.17. The smallest absolute Gasteiger partial charge is 0.0681 e. The van der Waals surface area contributed by atoms with Crippen LogP contribution < -0.4 is 5.73 Å². The van der Waals surface area contributed by atoms with Crippen LogP contribution in [0.15, 0.2) is 24.3 Å². The fourth-order valence-electron chi connectivity index (χ4n) is 2.50. The van der Waals surface area contributed by atoms with Crippen molar-refractivity contribution >= 4 is 0 Å². The van der Waals surface area contributed by atoms with Gasteiger partial charge in [0.25, 0.3) is 0 Å². The molecular formula is C14H22N2O. The summed E-state index contributed by atoms with van der Waals surface area (Å²) in [5.41, 5.74) is 8.06. The number of rotatable bonds is 5. The monoisotopic (exact) mass is 234 g/mol. The van der Waals surface area contributed by atoms with Crippen molar-refractivity contribution in [1.82, 2.24) is 4.90 Å². The van der Waals surface area contributed by atoms with Crippen molar-refractivity contribution < 1.29 is 5.11 Å². The Morgan fingerprint density at radius 1 is 1.24 bits per heavy atom. The highest BCUT2D eigenvalue weighted by Crippen LogP contribution is 2.26. The van der Waals surface area contributed by atoms with Gasteiger partial charge in [0.05, 0.1) is 6.61 Å². The van der Waals surface area contributed by atoms with E-state index in [0.717, 1.165) is 24.6 Å². The van der Waals surface area contributed by atoms with Crippen LogP contribution in [-0.4, -0.2) is 29.6 Å². The molecule has 0 unspecified atom stereocenters. The Balaban J connectivity index is 1.78. The minimum absolute atomic E-state index is 0.121. The average molecular weight is 234 g/mol. The molecule has 0 heterocycles. The molecule has 1 aromatic carbocycles. The first kappa shape index (κ1) is 12.6. The lowest BCUT2D eigenvalue weighted by Crippen LogP contribution is -2.41. The second kappa shape index (κ2) is 5.63. The fraction of sp³-hybridized carbons (Fsp3) is 0.571. The lowest BCUT2D eigenvalue weighted by atomic mass is 9.80. The molecule has 1 fully saturated rings. The Morgan fingerprint density at radius 2 is 1.82 bits per heavy atom. The fourth-order valence-corrected chi connectivity index (χ4v) is 2.50. The van der Waals surface area contributed by atoms with Gasteiger partial charge in [-0.1, -0.05) is 24.3 Å². The lowest BCUT2D eigenvalue weighted by molar-refractivity contribution is 0.178. The van der Waals surface area contributed by atoms with Crippen LogP contribution in [0.4, 0.5) is 0 Å². The third-order valence-electron chi connectivity index (χ3n) is 3.50. The lowest BCUT2D eigenvalue weighted by Gasteiger charge is -2.35. The van der Waals surface area contributed by atoms with Crippen LogP contribution >= 0.6 is 0 Å². The molecule has 0 spiro atoms. The first-order valence-electron chi connectivity index (χ1n) is 6.30. The van der Waals surface area contributed by atoms with E-state index in [1.807, 2.05) is 12.1 Å². The van der Waals surface area contributed by atoms with Crippen molar-refractivity contribution in [2.45, 2.75) is 32.0 Å². The number of nitrogens with two attached hydrogens (primary N) is 1. The normalized spacial score (nSPS) is 23.8. The maximum atomic E-state index is 8.97. The molecule has 3 heteroatoms. The van der Waals surface area contributed by atoms with E-state index >= 15 is 0 Å². The number of nitrogens with zero attached hydrogens (tertiary/aromatic N) is 1. The second-order valence-electron chi connectivity index (χ2n) is 5.27. The zero-order valence-electron chi connectivity index (χ0n) is 10.5. The molecule has 1 aromatic rings. The topological polar surface area (TPSA) is 49.5 Å². The van der Waals surface area contributed by atoms with Crippen LogP contribution in [-0.2, 0) is 13.2 Å². The first-order valence-corrected chi connectivity index (χ1v) is 6.30. The van der Waals surface area contributed by atoms with Gasteiger partial charge in [-0.15, -0.1) is 0 Å². The summed E-state index contributed by atoms with van der Waals surface area (Å²) in [6.45, 7) is 2.23. The summed E-state index contributed by atoms with van der Waals surface area (Å²) in [7, 11) is 2.16. The Morgan fingerprint density at radius 3 is 2.35 bits per heavy atom. The van der Waals surface area contributed by atoms with E-state index in [9.17, 15) is 0 Å². The largest absolute Gasteiger partial charge is 0.392 e. The summed E-state index contributed by atoms with van der Waals surface area (Å²) in [4.78, 5) is 2.35. The van der Waals surface area contributed by atoms with Gasteiger partial charge in [0, 0.05) is 19.1 Å². The highest BCUT2D eigenvalue weighted by atomic mass is 16.3. The maximum absolute atomic E-state index is 8.97. The summed E-state index contributed by atoms with van der Waals surface area (Å²) < 4.78 is 0. The molecule has 0 saturated heterocycles. The van der Waals surface area contributed by atoms with Crippen molar-refractivity contribution in [2.24, 2.45) is 11.7 Å². The highest BCUT2D eigenvalue weighted by Gasteiger charge is 2.26. The number of benzene rings is 1. The second-order valence-corrected chi connectivity index (χ2v) is 5.27. The van der Waals surface area contributed by atoms with Gasteiger partial charge in [-0.05, 0) is 36.9 Å². The molecule has 0 aliphatic heterocycles. The van der Waals surface area contributed by atoms with E-state index in [1.54, 1.807) is 0 Å².